The second-order valence-corrected chi connectivity index (χ2v) is 6.72. The number of para-hydroxylation sites is 2. The Morgan fingerprint density at radius 3 is 3.10 bits per heavy atom. The number of ether oxygens (including phenoxy) is 1. The zero-order valence-electron chi connectivity index (χ0n) is 11.5. The van der Waals surface area contributed by atoms with E-state index in [2.05, 4.69) is 17.4 Å². The minimum atomic E-state index is 0.337. The monoisotopic (exact) mass is 307 g/mol. The van der Waals surface area contributed by atoms with Gasteiger partial charge < -0.3 is 10.1 Å². The summed E-state index contributed by atoms with van der Waals surface area (Å²) in [5, 5.41) is 3.63. The molecule has 1 aromatic carbocycles. The standard InChI is InChI=1S/C16H18ClNOS/c1-2-19-14-8-4-3-6-13(14)18-12-7-5-9-15-11(12)10-16(17)20-15/h3-4,6,8,10,12,18H,2,5,7,9H2,1H3. The van der Waals surface area contributed by atoms with Gasteiger partial charge in [0.05, 0.1) is 22.7 Å². The smallest absolute Gasteiger partial charge is 0.142 e. The molecule has 3 rings (SSSR count). The van der Waals surface area contributed by atoms with Crippen LogP contribution in [-0.2, 0) is 6.42 Å². The summed E-state index contributed by atoms with van der Waals surface area (Å²) in [6, 6.07) is 10.6. The topological polar surface area (TPSA) is 21.3 Å². The van der Waals surface area contributed by atoms with Crippen molar-refractivity contribution in [3.63, 3.8) is 0 Å². The summed E-state index contributed by atoms with van der Waals surface area (Å²) in [6.07, 6.45) is 3.50. The summed E-state index contributed by atoms with van der Waals surface area (Å²) >= 11 is 7.88. The van der Waals surface area contributed by atoms with Gasteiger partial charge in [-0.05, 0) is 49.9 Å². The van der Waals surface area contributed by atoms with Crippen LogP contribution in [0.25, 0.3) is 0 Å². The summed E-state index contributed by atoms with van der Waals surface area (Å²) in [5.74, 6) is 0.920. The van der Waals surface area contributed by atoms with E-state index in [9.17, 15) is 0 Å². The van der Waals surface area contributed by atoms with Crippen LogP contribution in [0.1, 0.15) is 36.2 Å². The summed E-state index contributed by atoms with van der Waals surface area (Å²) in [7, 11) is 0. The van der Waals surface area contributed by atoms with Gasteiger partial charge in [0.1, 0.15) is 5.75 Å². The molecule has 1 aliphatic carbocycles. The molecule has 2 nitrogen and oxygen atoms in total. The Morgan fingerprint density at radius 1 is 1.40 bits per heavy atom. The second kappa shape index (κ2) is 6.06. The summed E-state index contributed by atoms with van der Waals surface area (Å²) in [6.45, 7) is 2.69. The average Bonchev–Trinajstić information content (AvgIpc) is 2.83. The zero-order chi connectivity index (χ0) is 13.9. The molecule has 1 aliphatic rings. The van der Waals surface area contributed by atoms with Gasteiger partial charge in [-0.15, -0.1) is 11.3 Å². The number of hydrogen-bond acceptors (Lipinski definition) is 3. The van der Waals surface area contributed by atoms with Crippen molar-refractivity contribution >= 4 is 28.6 Å². The number of aryl methyl sites for hydroxylation is 1. The number of rotatable bonds is 4. The minimum absolute atomic E-state index is 0.337. The molecule has 1 N–H and O–H groups in total. The molecule has 0 saturated carbocycles. The highest BCUT2D eigenvalue weighted by Crippen LogP contribution is 2.40. The number of benzene rings is 1. The van der Waals surface area contributed by atoms with Crippen LogP contribution in [0.3, 0.4) is 0 Å². The largest absolute Gasteiger partial charge is 0.492 e. The van der Waals surface area contributed by atoms with Gasteiger partial charge in [0, 0.05) is 4.88 Å². The maximum Gasteiger partial charge on any atom is 0.142 e. The first-order valence-electron chi connectivity index (χ1n) is 7.04. The number of fused-ring (bicyclic) bond motifs is 1. The third kappa shape index (κ3) is 2.79. The second-order valence-electron chi connectivity index (χ2n) is 4.95. The molecule has 1 unspecified atom stereocenters. The van der Waals surface area contributed by atoms with Crippen LogP contribution in [0.2, 0.25) is 4.34 Å². The molecular formula is C16H18ClNOS. The highest BCUT2D eigenvalue weighted by molar-refractivity contribution is 7.16. The number of hydrogen-bond donors (Lipinski definition) is 1. The fraction of sp³-hybridized carbons (Fsp3) is 0.375. The lowest BCUT2D eigenvalue weighted by Crippen LogP contribution is -2.16. The summed E-state index contributed by atoms with van der Waals surface area (Å²) < 4.78 is 6.58. The minimum Gasteiger partial charge on any atom is -0.492 e. The van der Waals surface area contributed by atoms with Crippen LogP contribution >= 0.6 is 22.9 Å². The Balaban J connectivity index is 1.85. The molecule has 1 aromatic heterocycles. The lowest BCUT2D eigenvalue weighted by molar-refractivity contribution is 0.341. The van der Waals surface area contributed by atoms with Crippen molar-refractivity contribution in [2.75, 3.05) is 11.9 Å². The van der Waals surface area contributed by atoms with Crippen molar-refractivity contribution in [1.29, 1.82) is 0 Å². The van der Waals surface area contributed by atoms with Crippen molar-refractivity contribution in [3.05, 3.63) is 45.1 Å². The lowest BCUT2D eigenvalue weighted by atomic mass is 9.94. The lowest BCUT2D eigenvalue weighted by Gasteiger charge is -2.25. The Kier molecular flexibility index (Phi) is 4.18. The number of halogens is 1. The van der Waals surface area contributed by atoms with E-state index in [1.807, 2.05) is 25.1 Å². The molecule has 106 valence electrons. The quantitative estimate of drug-likeness (QED) is 0.828. The molecule has 0 radical (unpaired) electrons. The van der Waals surface area contributed by atoms with Crippen LogP contribution in [0.5, 0.6) is 5.75 Å². The number of anilines is 1. The fourth-order valence-corrected chi connectivity index (χ4v) is 4.11. The van der Waals surface area contributed by atoms with Gasteiger partial charge in [0.15, 0.2) is 0 Å². The van der Waals surface area contributed by atoms with Gasteiger partial charge in [-0.3, -0.25) is 0 Å². The van der Waals surface area contributed by atoms with E-state index in [1.165, 1.54) is 16.9 Å². The molecule has 0 spiro atoms. The van der Waals surface area contributed by atoms with Gasteiger partial charge >= 0.3 is 0 Å². The maximum absolute atomic E-state index is 6.17. The molecule has 0 fully saturated rings. The van der Waals surface area contributed by atoms with Crippen LogP contribution in [0.4, 0.5) is 5.69 Å². The van der Waals surface area contributed by atoms with E-state index in [4.69, 9.17) is 16.3 Å². The first-order valence-corrected chi connectivity index (χ1v) is 8.24. The highest BCUT2D eigenvalue weighted by atomic mass is 35.5. The van der Waals surface area contributed by atoms with E-state index >= 15 is 0 Å². The first kappa shape index (κ1) is 13.8. The molecule has 0 bridgehead atoms. The van der Waals surface area contributed by atoms with Crippen LogP contribution in [0.15, 0.2) is 30.3 Å². The Hall–Kier alpha value is -1.19. The summed E-state index contributed by atoms with van der Waals surface area (Å²) in [4.78, 5) is 1.42. The predicted octanol–water partition coefficient (Wildman–Crippen LogP) is 5.29. The molecule has 1 heterocycles. The molecule has 0 amide bonds. The number of thiophene rings is 1. The average molecular weight is 308 g/mol. The molecule has 0 aliphatic heterocycles. The van der Waals surface area contributed by atoms with Crippen molar-refractivity contribution in [1.82, 2.24) is 0 Å². The van der Waals surface area contributed by atoms with Gasteiger partial charge in [-0.1, -0.05) is 23.7 Å². The van der Waals surface area contributed by atoms with Crippen molar-refractivity contribution in [2.45, 2.75) is 32.2 Å². The van der Waals surface area contributed by atoms with Crippen LogP contribution < -0.4 is 10.1 Å². The van der Waals surface area contributed by atoms with E-state index in [1.54, 1.807) is 11.3 Å². The van der Waals surface area contributed by atoms with Crippen LogP contribution in [-0.4, -0.2) is 6.61 Å². The first-order chi connectivity index (χ1) is 9.78. The molecule has 1 atom stereocenters. The molecule has 2 aromatic rings. The van der Waals surface area contributed by atoms with E-state index in [0.29, 0.717) is 12.6 Å². The van der Waals surface area contributed by atoms with E-state index < -0.39 is 0 Å². The SMILES string of the molecule is CCOc1ccccc1NC1CCCc2sc(Cl)cc21. The summed E-state index contributed by atoms with van der Waals surface area (Å²) in [5.41, 5.74) is 2.42. The van der Waals surface area contributed by atoms with Gasteiger partial charge in [-0.25, -0.2) is 0 Å². The van der Waals surface area contributed by atoms with E-state index in [-0.39, 0.29) is 0 Å². The maximum atomic E-state index is 6.17. The third-order valence-electron chi connectivity index (χ3n) is 3.60. The van der Waals surface area contributed by atoms with Gasteiger partial charge in [0.25, 0.3) is 0 Å². The third-order valence-corrected chi connectivity index (χ3v) is 4.94. The van der Waals surface area contributed by atoms with Gasteiger partial charge in [0.2, 0.25) is 0 Å². The number of nitrogens with one attached hydrogen (secondary N) is 1. The molecule has 4 heteroatoms. The Bertz CT molecular complexity index is 596. The molecule has 20 heavy (non-hydrogen) atoms. The Morgan fingerprint density at radius 2 is 2.25 bits per heavy atom. The Labute approximate surface area is 128 Å². The van der Waals surface area contributed by atoms with E-state index in [0.717, 1.165) is 28.6 Å². The van der Waals surface area contributed by atoms with Crippen molar-refractivity contribution in [3.8, 4) is 5.75 Å². The zero-order valence-corrected chi connectivity index (χ0v) is 13.1. The van der Waals surface area contributed by atoms with Crippen molar-refractivity contribution in [2.24, 2.45) is 0 Å². The van der Waals surface area contributed by atoms with Crippen molar-refractivity contribution < 1.29 is 4.74 Å². The van der Waals surface area contributed by atoms with Crippen LogP contribution in [0, 0.1) is 0 Å². The highest BCUT2D eigenvalue weighted by Gasteiger charge is 2.23. The predicted molar refractivity (Wildman–Crippen MR) is 86.2 cm³/mol. The molecule has 0 saturated heterocycles. The fourth-order valence-electron chi connectivity index (χ4n) is 2.73. The molecular weight excluding hydrogens is 290 g/mol. The van der Waals surface area contributed by atoms with Gasteiger partial charge in [-0.2, -0.15) is 0 Å². The normalized spacial score (nSPS) is 17.6.